The molecule has 1 aromatic rings. The summed E-state index contributed by atoms with van der Waals surface area (Å²) in [5.41, 5.74) is 0. The summed E-state index contributed by atoms with van der Waals surface area (Å²) in [6, 6.07) is 0. The molecule has 0 N–H and O–H groups in total. The Kier molecular flexibility index (Phi) is 1.31. The van der Waals surface area contributed by atoms with E-state index in [2.05, 4.69) is 15.0 Å². The normalized spacial score (nSPS) is 8.89. The molecule has 0 aromatic carbocycles. The van der Waals surface area contributed by atoms with Crippen LogP contribution < -0.4 is 0 Å². The molecule has 0 atom stereocenters. The van der Waals surface area contributed by atoms with E-state index in [1.165, 1.54) is 0 Å². The van der Waals surface area contributed by atoms with E-state index in [9.17, 15) is 10.1 Å². The maximum atomic E-state index is 9.85. The van der Waals surface area contributed by atoms with Gasteiger partial charge in [0, 0.05) is 0 Å². The van der Waals surface area contributed by atoms with Gasteiger partial charge in [0.2, 0.25) is 0 Å². The van der Waals surface area contributed by atoms with Crippen LogP contribution in [0.3, 0.4) is 0 Å². The number of nitrogens with zero attached hydrogens (tertiary/aromatic N) is 4. The van der Waals surface area contributed by atoms with E-state index in [1.807, 2.05) is 0 Å². The lowest BCUT2D eigenvalue weighted by atomic mass is 11.0. The highest BCUT2D eigenvalue weighted by Gasteiger charge is 2.03. The Hall–Kier alpha value is -1.59. The zero-order valence-electron chi connectivity index (χ0n) is 4.26. The second-order valence-corrected chi connectivity index (χ2v) is 1.20. The lowest BCUT2D eigenvalue weighted by molar-refractivity contribution is -0.394. The van der Waals surface area contributed by atoms with Crippen LogP contribution in [0.2, 0.25) is 0 Å². The summed E-state index contributed by atoms with van der Waals surface area (Å²) < 4.78 is 0. The minimum Gasteiger partial charge on any atom is -0.390 e. The van der Waals surface area contributed by atoms with E-state index < -0.39 is 10.9 Å². The standard InChI is InChI=1S/C3H2N4O2/c8-7(9)3-5-1-4-2-6-3/h1-2H. The van der Waals surface area contributed by atoms with E-state index in [1.54, 1.807) is 0 Å². The Morgan fingerprint density at radius 2 is 2.00 bits per heavy atom. The smallest absolute Gasteiger partial charge is 0.390 e. The van der Waals surface area contributed by atoms with Crippen molar-refractivity contribution in [2.45, 2.75) is 0 Å². The molecule has 0 aliphatic heterocycles. The van der Waals surface area contributed by atoms with Crippen molar-refractivity contribution in [3.8, 4) is 0 Å². The van der Waals surface area contributed by atoms with Crippen LogP contribution in [0.25, 0.3) is 0 Å². The molecule has 9 heavy (non-hydrogen) atoms. The topological polar surface area (TPSA) is 81.8 Å². The second-order valence-electron chi connectivity index (χ2n) is 1.20. The summed E-state index contributed by atoms with van der Waals surface area (Å²) in [6.45, 7) is 0. The van der Waals surface area contributed by atoms with E-state index in [-0.39, 0.29) is 0 Å². The van der Waals surface area contributed by atoms with Crippen molar-refractivity contribution in [3.63, 3.8) is 0 Å². The van der Waals surface area contributed by atoms with Gasteiger partial charge in [0.1, 0.15) is 0 Å². The van der Waals surface area contributed by atoms with E-state index in [0.29, 0.717) is 0 Å². The molecular weight excluding hydrogens is 124 g/mol. The van der Waals surface area contributed by atoms with Gasteiger partial charge in [-0.3, -0.25) is 0 Å². The van der Waals surface area contributed by atoms with Crippen LogP contribution in [-0.2, 0) is 0 Å². The fourth-order valence-electron chi connectivity index (χ4n) is 0.327. The van der Waals surface area contributed by atoms with Crippen molar-refractivity contribution in [1.82, 2.24) is 15.0 Å². The van der Waals surface area contributed by atoms with Gasteiger partial charge in [0.15, 0.2) is 12.7 Å². The van der Waals surface area contributed by atoms with Crippen molar-refractivity contribution in [3.05, 3.63) is 22.8 Å². The summed E-state index contributed by atoms with van der Waals surface area (Å²) in [4.78, 5) is 19.1. The highest BCUT2D eigenvalue weighted by Crippen LogP contribution is 1.93. The van der Waals surface area contributed by atoms with Crippen LogP contribution in [0.15, 0.2) is 12.7 Å². The van der Waals surface area contributed by atoms with Gasteiger partial charge in [0.25, 0.3) is 0 Å². The highest BCUT2D eigenvalue weighted by molar-refractivity contribution is 4.96. The molecule has 0 amide bonds. The third kappa shape index (κ3) is 1.15. The number of hydrogen-bond acceptors (Lipinski definition) is 5. The Bertz CT molecular complexity index is 210. The molecule has 0 fully saturated rings. The van der Waals surface area contributed by atoms with E-state index >= 15 is 0 Å². The molecule has 1 heterocycles. The van der Waals surface area contributed by atoms with Crippen molar-refractivity contribution in [1.29, 1.82) is 0 Å². The molecule has 0 saturated heterocycles. The van der Waals surface area contributed by atoms with Crippen LogP contribution >= 0.6 is 0 Å². The number of aromatic nitrogens is 3. The molecule has 0 saturated carbocycles. The van der Waals surface area contributed by atoms with Crippen LogP contribution in [0.4, 0.5) is 5.95 Å². The summed E-state index contributed by atoms with van der Waals surface area (Å²) >= 11 is 0. The van der Waals surface area contributed by atoms with Crippen molar-refractivity contribution in [2.75, 3.05) is 0 Å². The molecule has 0 aliphatic carbocycles. The van der Waals surface area contributed by atoms with Gasteiger partial charge in [-0.2, -0.15) is 4.98 Å². The molecule has 0 radical (unpaired) electrons. The minimum atomic E-state index is -0.679. The lowest BCUT2D eigenvalue weighted by Crippen LogP contribution is -1.94. The third-order valence-electron chi connectivity index (χ3n) is 0.643. The quantitative estimate of drug-likeness (QED) is 0.383. The van der Waals surface area contributed by atoms with Crippen molar-refractivity contribution in [2.24, 2.45) is 0 Å². The van der Waals surface area contributed by atoms with Crippen LogP contribution in [-0.4, -0.2) is 19.9 Å². The van der Waals surface area contributed by atoms with Crippen molar-refractivity contribution >= 4 is 5.95 Å². The highest BCUT2D eigenvalue weighted by atomic mass is 16.6. The molecular formula is C3H2N4O2. The fraction of sp³-hybridized carbons (Fsp3) is 0. The summed E-state index contributed by atoms with van der Waals surface area (Å²) in [7, 11) is 0. The van der Waals surface area contributed by atoms with E-state index in [4.69, 9.17) is 0 Å². The molecule has 1 aromatic heterocycles. The largest absolute Gasteiger partial charge is 0.471 e. The van der Waals surface area contributed by atoms with Crippen LogP contribution in [0, 0.1) is 10.1 Å². The monoisotopic (exact) mass is 126 g/mol. The average Bonchev–Trinajstić information content (AvgIpc) is 1.90. The predicted molar refractivity (Wildman–Crippen MR) is 26.5 cm³/mol. The Morgan fingerprint density at radius 3 is 2.33 bits per heavy atom. The summed E-state index contributed by atoms with van der Waals surface area (Å²) in [5, 5.41) is 9.85. The lowest BCUT2D eigenvalue weighted by Gasteiger charge is -1.85. The second kappa shape index (κ2) is 2.12. The first kappa shape index (κ1) is 5.54. The maximum Gasteiger partial charge on any atom is 0.471 e. The van der Waals surface area contributed by atoms with Gasteiger partial charge in [-0.25, -0.2) is 0 Å². The van der Waals surface area contributed by atoms with Gasteiger partial charge in [-0.05, 0) is 4.92 Å². The first-order chi connectivity index (χ1) is 4.30. The van der Waals surface area contributed by atoms with Crippen LogP contribution in [0.1, 0.15) is 0 Å². The molecule has 46 valence electrons. The Balaban J connectivity index is 2.98. The SMILES string of the molecule is O=[N+]([O-])c1ncncn1. The van der Waals surface area contributed by atoms with Crippen LogP contribution in [0.5, 0.6) is 0 Å². The minimum absolute atomic E-state index is 0.426. The molecule has 0 aliphatic rings. The zero-order chi connectivity index (χ0) is 6.69. The Labute approximate surface area is 49.7 Å². The molecule has 6 heteroatoms. The van der Waals surface area contributed by atoms with Gasteiger partial charge < -0.3 is 10.1 Å². The summed E-state index contributed by atoms with van der Waals surface area (Å²) in [6.07, 6.45) is 2.15. The molecule has 0 unspecified atom stereocenters. The van der Waals surface area contributed by atoms with Crippen molar-refractivity contribution < 1.29 is 4.92 Å². The number of nitro groups is 1. The number of hydrogen-bond donors (Lipinski definition) is 0. The van der Waals surface area contributed by atoms with Gasteiger partial charge in [0.05, 0.1) is 0 Å². The number of rotatable bonds is 1. The average molecular weight is 126 g/mol. The molecule has 0 bridgehead atoms. The van der Waals surface area contributed by atoms with Gasteiger partial charge >= 0.3 is 5.95 Å². The summed E-state index contributed by atoms with van der Waals surface area (Å²) in [5.74, 6) is -0.426. The zero-order valence-corrected chi connectivity index (χ0v) is 4.26. The van der Waals surface area contributed by atoms with E-state index in [0.717, 1.165) is 12.7 Å². The predicted octanol–water partition coefficient (Wildman–Crippen LogP) is -0.220. The maximum absolute atomic E-state index is 9.85. The Morgan fingerprint density at radius 1 is 1.44 bits per heavy atom. The molecule has 0 spiro atoms. The first-order valence-corrected chi connectivity index (χ1v) is 2.07. The third-order valence-corrected chi connectivity index (χ3v) is 0.643. The first-order valence-electron chi connectivity index (χ1n) is 2.07. The fourth-order valence-corrected chi connectivity index (χ4v) is 0.327. The molecule has 1 rings (SSSR count). The molecule has 6 nitrogen and oxygen atoms in total. The van der Waals surface area contributed by atoms with Gasteiger partial charge in [-0.1, -0.05) is 9.97 Å². The van der Waals surface area contributed by atoms with Gasteiger partial charge in [-0.15, -0.1) is 0 Å².